The van der Waals surface area contributed by atoms with E-state index in [0.29, 0.717) is 35.0 Å². The van der Waals surface area contributed by atoms with E-state index in [1.165, 1.54) is 10.7 Å². The fourth-order valence-electron chi connectivity index (χ4n) is 4.14. The van der Waals surface area contributed by atoms with Crippen LogP contribution in [0.15, 0.2) is 54.7 Å². The van der Waals surface area contributed by atoms with Crippen molar-refractivity contribution < 1.29 is 18.7 Å². The van der Waals surface area contributed by atoms with Gasteiger partial charge in [0.2, 0.25) is 0 Å². The number of ether oxygens (including phenoxy) is 2. The van der Waals surface area contributed by atoms with Crippen LogP contribution in [0.25, 0.3) is 16.9 Å². The lowest BCUT2D eigenvalue weighted by Crippen LogP contribution is -2.16. The van der Waals surface area contributed by atoms with Crippen LogP contribution in [0.5, 0.6) is 11.5 Å². The summed E-state index contributed by atoms with van der Waals surface area (Å²) in [6.07, 6.45) is 2.06. The lowest BCUT2D eigenvalue weighted by Gasteiger charge is -2.12. The Morgan fingerprint density at radius 3 is 2.58 bits per heavy atom. The number of para-hydroxylation sites is 1. The number of aromatic nitrogens is 3. The van der Waals surface area contributed by atoms with Gasteiger partial charge < -0.3 is 14.8 Å². The van der Waals surface area contributed by atoms with Gasteiger partial charge >= 0.3 is 0 Å². The first-order chi connectivity index (χ1) is 16.0. The molecule has 0 spiro atoms. The molecule has 2 aromatic heterocycles. The number of carbonyl (C=O) groups excluding carboxylic acids is 1. The van der Waals surface area contributed by atoms with Crippen molar-refractivity contribution in [2.75, 3.05) is 19.5 Å². The molecule has 0 saturated heterocycles. The van der Waals surface area contributed by atoms with E-state index in [9.17, 15) is 9.18 Å². The summed E-state index contributed by atoms with van der Waals surface area (Å²) in [5.41, 5.74) is 4.40. The molecule has 0 bridgehead atoms. The number of methoxy groups -OCH3 is 2. The quantitative estimate of drug-likeness (QED) is 0.430. The number of carbonyl (C=O) groups is 1. The summed E-state index contributed by atoms with van der Waals surface area (Å²) >= 11 is 0. The van der Waals surface area contributed by atoms with Gasteiger partial charge in [-0.05, 0) is 48.4 Å². The van der Waals surface area contributed by atoms with Gasteiger partial charge in [-0.25, -0.2) is 14.1 Å². The summed E-state index contributed by atoms with van der Waals surface area (Å²) in [4.78, 5) is 17.5. The number of pyridine rings is 1. The Kier molecular flexibility index (Phi) is 5.05. The fourth-order valence-corrected chi connectivity index (χ4v) is 4.14. The Morgan fingerprint density at radius 1 is 1.09 bits per heavy atom. The molecule has 0 atom stereocenters. The predicted octanol–water partition coefficient (Wildman–Crippen LogP) is 4.56. The van der Waals surface area contributed by atoms with Gasteiger partial charge in [-0.2, -0.15) is 5.10 Å². The average Bonchev–Trinajstić information content (AvgIpc) is 3.37. The number of rotatable bonds is 5. The molecule has 7 nitrogen and oxygen atoms in total. The van der Waals surface area contributed by atoms with Crippen molar-refractivity contribution in [1.82, 2.24) is 14.8 Å². The van der Waals surface area contributed by atoms with E-state index in [1.54, 1.807) is 44.7 Å². The molecule has 2 heterocycles. The van der Waals surface area contributed by atoms with Gasteiger partial charge in [0, 0.05) is 23.7 Å². The molecule has 0 radical (unpaired) electrons. The summed E-state index contributed by atoms with van der Waals surface area (Å²) in [6.45, 7) is 1.86. The largest absolute Gasteiger partial charge is 0.493 e. The number of hydrogen-bond donors (Lipinski definition) is 1. The van der Waals surface area contributed by atoms with Crippen LogP contribution in [0.4, 0.5) is 10.2 Å². The van der Waals surface area contributed by atoms with Crippen molar-refractivity contribution in [1.29, 1.82) is 0 Å². The van der Waals surface area contributed by atoms with Crippen LogP contribution in [0, 0.1) is 12.7 Å². The molecule has 1 aliphatic rings. The second-order valence-corrected chi connectivity index (χ2v) is 7.70. The minimum atomic E-state index is -0.441. The van der Waals surface area contributed by atoms with E-state index in [4.69, 9.17) is 9.47 Å². The normalized spacial score (nSPS) is 11.6. The van der Waals surface area contributed by atoms with Crippen molar-refractivity contribution >= 4 is 11.7 Å². The van der Waals surface area contributed by atoms with Gasteiger partial charge in [-0.1, -0.05) is 18.2 Å². The average molecular weight is 444 g/mol. The molecule has 0 fully saturated rings. The fraction of sp³-hybridized carbons (Fsp3) is 0.160. The molecule has 5 rings (SSSR count). The number of amides is 1. The summed E-state index contributed by atoms with van der Waals surface area (Å²) in [7, 11) is 3.13. The summed E-state index contributed by atoms with van der Waals surface area (Å²) < 4.78 is 27.2. The van der Waals surface area contributed by atoms with E-state index in [-0.39, 0.29) is 11.4 Å². The third-order valence-electron chi connectivity index (χ3n) is 5.75. The lowest BCUT2D eigenvalue weighted by molar-refractivity contribution is 0.102. The van der Waals surface area contributed by atoms with Crippen LogP contribution in [-0.2, 0) is 6.42 Å². The Balaban J connectivity index is 1.69. The van der Waals surface area contributed by atoms with Crippen LogP contribution < -0.4 is 14.8 Å². The molecule has 8 heteroatoms. The molecule has 0 saturated carbocycles. The molecule has 0 aliphatic heterocycles. The minimum absolute atomic E-state index is 0.215. The highest BCUT2D eigenvalue weighted by Gasteiger charge is 2.33. The van der Waals surface area contributed by atoms with Gasteiger partial charge in [-0.3, -0.25) is 4.79 Å². The maximum absolute atomic E-state index is 14.8. The second-order valence-electron chi connectivity index (χ2n) is 7.70. The van der Waals surface area contributed by atoms with E-state index >= 15 is 0 Å². The molecule has 166 valence electrons. The van der Waals surface area contributed by atoms with Crippen molar-refractivity contribution in [3.05, 3.63) is 82.9 Å². The topological polar surface area (TPSA) is 78.3 Å². The lowest BCUT2D eigenvalue weighted by atomic mass is 10.1. The first-order valence-electron chi connectivity index (χ1n) is 10.4. The number of nitrogens with zero attached hydrogens (tertiary/aromatic N) is 3. The van der Waals surface area contributed by atoms with Gasteiger partial charge in [0.15, 0.2) is 17.2 Å². The smallest absolute Gasteiger partial charge is 0.277 e. The molecule has 1 aliphatic carbocycles. The first kappa shape index (κ1) is 20.7. The molecule has 0 unspecified atom stereocenters. The zero-order valence-corrected chi connectivity index (χ0v) is 18.3. The summed E-state index contributed by atoms with van der Waals surface area (Å²) in [5.74, 6) is 0.733. The number of hydrogen-bond acceptors (Lipinski definition) is 5. The monoisotopic (exact) mass is 444 g/mol. The van der Waals surface area contributed by atoms with Crippen molar-refractivity contribution in [2.24, 2.45) is 0 Å². The number of benzene rings is 2. The first-order valence-corrected chi connectivity index (χ1v) is 10.4. The number of nitrogens with one attached hydrogen (secondary N) is 1. The molecule has 1 amide bonds. The van der Waals surface area contributed by atoms with Crippen LogP contribution in [0.3, 0.4) is 0 Å². The van der Waals surface area contributed by atoms with Crippen molar-refractivity contribution in [3.8, 4) is 28.4 Å². The van der Waals surface area contributed by atoms with Gasteiger partial charge in [0.1, 0.15) is 17.3 Å². The Bertz CT molecular complexity index is 1400. The summed E-state index contributed by atoms with van der Waals surface area (Å²) in [5, 5.41) is 7.39. The molecule has 33 heavy (non-hydrogen) atoms. The van der Waals surface area contributed by atoms with Crippen LogP contribution in [0.1, 0.15) is 27.2 Å². The SMILES string of the molecule is COc1cc2c(cc1OC)-c1c(c(C(=O)Nc3ncccc3C)nn1-c1ccccc1F)C2. The third kappa shape index (κ3) is 3.40. The number of anilines is 1. The van der Waals surface area contributed by atoms with E-state index in [1.807, 2.05) is 25.1 Å². The van der Waals surface area contributed by atoms with E-state index in [0.717, 1.165) is 16.7 Å². The van der Waals surface area contributed by atoms with Crippen LogP contribution in [0.2, 0.25) is 0 Å². The zero-order valence-electron chi connectivity index (χ0n) is 18.3. The van der Waals surface area contributed by atoms with Gasteiger partial charge in [0.25, 0.3) is 5.91 Å². The van der Waals surface area contributed by atoms with Gasteiger partial charge in [0.05, 0.1) is 19.9 Å². The second kappa shape index (κ2) is 8.05. The van der Waals surface area contributed by atoms with Crippen molar-refractivity contribution in [3.63, 3.8) is 0 Å². The Hall–Kier alpha value is -4.20. The maximum Gasteiger partial charge on any atom is 0.277 e. The highest BCUT2D eigenvalue weighted by molar-refractivity contribution is 6.05. The van der Waals surface area contributed by atoms with E-state index in [2.05, 4.69) is 15.4 Å². The molecule has 2 aromatic carbocycles. The highest BCUT2D eigenvalue weighted by atomic mass is 19.1. The van der Waals surface area contributed by atoms with Crippen molar-refractivity contribution in [2.45, 2.75) is 13.3 Å². The number of aryl methyl sites for hydroxylation is 1. The highest BCUT2D eigenvalue weighted by Crippen LogP contribution is 2.45. The molecular formula is C25H21FN4O3. The van der Waals surface area contributed by atoms with E-state index < -0.39 is 11.7 Å². The zero-order chi connectivity index (χ0) is 23.1. The Morgan fingerprint density at radius 2 is 1.85 bits per heavy atom. The standard InChI is InChI=1S/C25H21FN4O3/c1-14-7-6-10-27-24(14)28-25(31)22-17-11-15-12-20(32-2)21(33-3)13-16(15)23(17)30(29-22)19-9-5-4-8-18(19)26/h4-10,12-13H,11H2,1-3H3,(H,27,28,31). The molecular weight excluding hydrogens is 423 g/mol. The maximum atomic E-state index is 14.8. The summed E-state index contributed by atoms with van der Waals surface area (Å²) in [6, 6.07) is 13.7. The minimum Gasteiger partial charge on any atom is -0.493 e. The van der Waals surface area contributed by atoms with Crippen LogP contribution in [-0.4, -0.2) is 34.9 Å². The third-order valence-corrected chi connectivity index (χ3v) is 5.75. The molecule has 1 N–H and O–H groups in total. The predicted molar refractivity (Wildman–Crippen MR) is 122 cm³/mol. The Labute approximate surface area is 189 Å². The number of halogens is 1. The number of fused-ring (bicyclic) bond motifs is 3. The van der Waals surface area contributed by atoms with Gasteiger partial charge in [-0.15, -0.1) is 0 Å². The van der Waals surface area contributed by atoms with Crippen LogP contribution >= 0.6 is 0 Å². The molecule has 4 aromatic rings.